The lowest BCUT2D eigenvalue weighted by atomic mass is 10.1. The third kappa shape index (κ3) is 5.82. The summed E-state index contributed by atoms with van der Waals surface area (Å²) in [6.45, 7) is 7.84. The molecule has 0 unspecified atom stereocenters. The molecule has 0 saturated carbocycles. The summed E-state index contributed by atoms with van der Waals surface area (Å²) >= 11 is 0. The van der Waals surface area contributed by atoms with Crippen molar-refractivity contribution in [2.45, 2.75) is 45.9 Å². The van der Waals surface area contributed by atoms with Gasteiger partial charge in [-0.3, -0.25) is 0 Å². The van der Waals surface area contributed by atoms with Crippen LogP contribution in [0, 0.1) is 18.3 Å². The molecule has 0 amide bonds. The van der Waals surface area contributed by atoms with Crippen LogP contribution in [0.1, 0.15) is 48.9 Å². The smallest absolute Gasteiger partial charge is 0.218 e. The van der Waals surface area contributed by atoms with E-state index in [4.69, 9.17) is 5.26 Å². The molecule has 150 valence electrons. The maximum absolute atomic E-state index is 12.5. The van der Waals surface area contributed by atoms with E-state index in [-0.39, 0.29) is 5.75 Å². The van der Waals surface area contributed by atoms with E-state index in [0.717, 1.165) is 35.2 Å². The number of hydrogen-bond acceptors (Lipinski definition) is 4. The van der Waals surface area contributed by atoms with E-state index in [1.807, 2.05) is 57.2 Å². The number of nitrogens with zero attached hydrogens (tertiary/aromatic N) is 2. The van der Waals surface area contributed by atoms with E-state index in [0.29, 0.717) is 25.2 Å². The van der Waals surface area contributed by atoms with Gasteiger partial charge in [-0.2, -0.15) is 5.26 Å². The largest absolute Gasteiger partial charge is 0.381 e. The Hall–Kier alpha value is -2.36. The molecule has 2 aromatic rings. The van der Waals surface area contributed by atoms with Gasteiger partial charge in [0.25, 0.3) is 0 Å². The lowest BCUT2D eigenvalue weighted by molar-refractivity contribution is 0.476. The van der Waals surface area contributed by atoms with Crippen molar-refractivity contribution in [3.63, 3.8) is 0 Å². The van der Waals surface area contributed by atoms with Crippen LogP contribution in [0.2, 0.25) is 0 Å². The van der Waals surface area contributed by atoms with Crippen LogP contribution in [0.4, 0.5) is 5.69 Å². The summed E-state index contributed by atoms with van der Waals surface area (Å²) in [6, 6.07) is 15.4. The van der Waals surface area contributed by atoms with Crippen molar-refractivity contribution in [2.75, 3.05) is 18.4 Å². The predicted molar refractivity (Wildman–Crippen MR) is 114 cm³/mol. The number of benzene rings is 2. The van der Waals surface area contributed by atoms with Gasteiger partial charge in [0.1, 0.15) is 0 Å². The number of aryl methyl sites for hydroxylation is 1. The van der Waals surface area contributed by atoms with Crippen LogP contribution in [0.5, 0.6) is 0 Å². The summed E-state index contributed by atoms with van der Waals surface area (Å²) in [5.41, 5.74) is 4.47. The first kappa shape index (κ1) is 21.9. The monoisotopic (exact) mass is 399 g/mol. The van der Waals surface area contributed by atoms with Crippen LogP contribution >= 0.6 is 0 Å². The molecule has 0 spiro atoms. The van der Waals surface area contributed by atoms with Crippen molar-refractivity contribution in [3.05, 3.63) is 64.7 Å². The van der Waals surface area contributed by atoms with E-state index in [2.05, 4.69) is 11.4 Å². The minimum atomic E-state index is -3.23. The Balaban J connectivity index is 0.00000136. The molecular formula is C22H29N3O2S. The number of anilines is 1. The first-order valence-corrected chi connectivity index (χ1v) is 11.4. The number of rotatable bonds is 6. The zero-order valence-corrected chi connectivity index (χ0v) is 17.7. The fourth-order valence-corrected chi connectivity index (χ4v) is 4.82. The molecule has 0 bridgehead atoms. The molecule has 5 nitrogen and oxygen atoms in total. The number of nitrogens with one attached hydrogen (secondary N) is 1. The highest BCUT2D eigenvalue weighted by Gasteiger charge is 2.25. The molecule has 2 aromatic carbocycles. The zero-order valence-electron chi connectivity index (χ0n) is 16.9. The van der Waals surface area contributed by atoms with Gasteiger partial charge in [-0.25, -0.2) is 12.7 Å². The molecule has 0 aliphatic carbocycles. The van der Waals surface area contributed by atoms with Gasteiger partial charge in [0, 0.05) is 25.3 Å². The summed E-state index contributed by atoms with van der Waals surface area (Å²) in [4.78, 5) is 0. The van der Waals surface area contributed by atoms with Crippen LogP contribution in [-0.4, -0.2) is 25.8 Å². The molecule has 0 atom stereocenters. The highest BCUT2D eigenvalue weighted by atomic mass is 32.2. The molecule has 0 aromatic heterocycles. The lowest BCUT2D eigenvalue weighted by Gasteiger charge is -2.16. The second kappa shape index (κ2) is 10.3. The van der Waals surface area contributed by atoms with Crippen LogP contribution < -0.4 is 5.32 Å². The quantitative estimate of drug-likeness (QED) is 0.780. The molecule has 1 fully saturated rings. The van der Waals surface area contributed by atoms with Crippen LogP contribution in [0.3, 0.4) is 0 Å². The summed E-state index contributed by atoms with van der Waals surface area (Å²) in [6.07, 6.45) is 1.90. The van der Waals surface area contributed by atoms with E-state index < -0.39 is 10.0 Å². The van der Waals surface area contributed by atoms with Crippen molar-refractivity contribution < 1.29 is 8.42 Å². The molecule has 6 heteroatoms. The molecule has 1 aliphatic heterocycles. The van der Waals surface area contributed by atoms with Crippen molar-refractivity contribution >= 4 is 15.7 Å². The number of hydrogen-bond donors (Lipinski definition) is 1. The molecule has 1 saturated heterocycles. The predicted octanol–water partition coefficient (Wildman–Crippen LogP) is 4.43. The Labute approximate surface area is 169 Å². The van der Waals surface area contributed by atoms with Crippen LogP contribution in [0.15, 0.2) is 42.5 Å². The maximum atomic E-state index is 12.5. The van der Waals surface area contributed by atoms with Gasteiger partial charge < -0.3 is 5.32 Å². The first-order chi connectivity index (χ1) is 13.5. The Bertz CT molecular complexity index is 927. The highest BCUT2D eigenvalue weighted by molar-refractivity contribution is 7.88. The minimum absolute atomic E-state index is 0.0523. The van der Waals surface area contributed by atoms with E-state index in [1.165, 1.54) is 0 Å². The number of nitriles is 1. The molecule has 0 radical (unpaired) electrons. The normalized spacial score (nSPS) is 14.1. The third-order valence-electron chi connectivity index (χ3n) is 4.64. The van der Waals surface area contributed by atoms with Gasteiger partial charge in [-0.05, 0) is 54.7 Å². The fourth-order valence-electron chi connectivity index (χ4n) is 3.23. The zero-order chi connectivity index (χ0) is 20.6. The second-order valence-corrected chi connectivity index (χ2v) is 8.65. The van der Waals surface area contributed by atoms with E-state index in [9.17, 15) is 8.42 Å². The average Bonchev–Trinajstić information content (AvgIpc) is 3.24. The van der Waals surface area contributed by atoms with E-state index >= 15 is 0 Å². The van der Waals surface area contributed by atoms with Gasteiger partial charge in [-0.15, -0.1) is 0 Å². The van der Waals surface area contributed by atoms with Gasteiger partial charge in [-0.1, -0.05) is 38.1 Å². The SMILES string of the molecule is CC.Cc1cc(C#N)ccc1NCc1cccc(CS(=O)(=O)N2CCCC2)c1. The standard InChI is InChI=1S/C20H23N3O2S.C2H6/c1-16-11-17(13-21)7-8-20(16)22-14-18-5-4-6-19(12-18)15-26(24,25)23-9-2-3-10-23;1-2/h4-8,11-12,22H,2-3,9-10,14-15H2,1H3;1-2H3. The summed E-state index contributed by atoms with van der Waals surface area (Å²) < 4.78 is 26.6. The van der Waals surface area contributed by atoms with Crippen molar-refractivity contribution in [2.24, 2.45) is 0 Å². The minimum Gasteiger partial charge on any atom is -0.381 e. The van der Waals surface area contributed by atoms with E-state index in [1.54, 1.807) is 10.4 Å². The van der Waals surface area contributed by atoms with Gasteiger partial charge in [0.2, 0.25) is 10.0 Å². The van der Waals surface area contributed by atoms with Crippen molar-refractivity contribution in [1.29, 1.82) is 5.26 Å². The average molecular weight is 400 g/mol. The summed E-state index contributed by atoms with van der Waals surface area (Å²) in [7, 11) is -3.23. The highest BCUT2D eigenvalue weighted by Crippen LogP contribution is 2.20. The Kier molecular flexibility index (Phi) is 8.04. The number of sulfonamides is 1. The van der Waals surface area contributed by atoms with Crippen LogP contribution in [0.25, 0.3) is 0 Å². The van der Waals surface area contributed by atoms with Gasteiger partial charge >= 0.3 is 0 Å². The summed E-state index contributed by atoms with van der Waals surface area (Å²) in [5.74, 6) is 0.0523. The molecular weight excluding hydrogens is 370 g/mol. The molecule has 28 heavy (non-hydrogen) atoms. The first-order valence-electron chi connectivity index (χ1n) is 9.78. The van der Waals surface area contributed by atoms with Gasteiger partial charge in [0.05, 0.1) is 17.4 Å². The Morgan fingerprint density at radius 2 is 1.75 bits per heavy atom. The second-order valence-electron chi connectivity index (χ2n) is 6.68. The molecule has 1 heterocycles. The van der Waals surface area contributed by atoms with Crippen molar-refractivity contribution in [3.8, 4) is 6.07 Å². The third-order valence-corrected chi connectivity index (χ3v) is 6.49. The fraction of sp³-hybridized carbons (Fsp3) is 0.409. The van der Waals surface area contributed by atoms with Crippen LogP contribution in [-0.2, 0) is 22.3 Å². The summed E-state index contributed by atoms with van der Waals surface area (Å²) in [5, 5.41) is 12.3. The van der Waals surface area contributed by atoms with Gasteiger partial charge in [0.15, 0.2) is 0 Å². The Morgan fingerprint density at radius 1 is 1.07 bits per heavy atom. The lowest BCUT2D eigenvalue weighted by Crippen LogP contribution is -2.29. The van der Waals surface area contributed by atoms with Crippen molar-refractivity contribution in [1.82, 2.24) is 4.31 Å². The maximum Gasteiger partial charge on any atom is 0.218 e. The molecule has 1 N–H and O–H groups in total. The molecule has 3 rings (SSSR count). The molecule has 1 aliphatic rings. The topological polar surface area (TPSA) is 73.2 Å². The Morgan fingerprint density at radius 3 is 2.39 bits per heavy atom.